The second-order valence-corrected chi connectivity index (χ2v) is 19.3. The molecule has 36 heteroatoms. The topological polar surface area (TPSA) is 546 Å². The fraction of sp³-hybridized carbons (Fsp3) is 0.654. The third-order valence-corrected chi connectivity index (χ3v) is 12.7. The van der Waals surface area contributed by atoms with Crippen LogP contribution in [0.15, 0.2) is 0 Å². The maximum absolute atomic E-state index is 13.1. The van der Waals surface area contributed by atoms with Gasteiger partial charge in [-0.25, -0.2) is 38.4 Å². The van der Waals surface area contributed by atoms with Crippen molar-refractivity contribution >= 4 is 107 Å². The van der Waals surface area contributed by atoms with E-state index >= 15 is 0 Å². The van der Waals surface area contributed by atoms with Crippen molar-refractivity contribution in [2.45, 2.75) is 171 Å². The Hall–Kier alpha value is -9.54. The van der Waals surface area contributed by atoms with Crippen LogP contribution in [0.25, 0.3) is 0 Å². The van der Waals surface area contributed by atoms with Crippen LogP contribution in [0.2, 0.25) is 0 Å². The van der Waals surface area contributed by atoms with Crippen LogP contribution >= 0.6 is 0 Å². The Balaban J connectivity index is 5.51. The summed E-state index contributed by atoms with van der Waals surface area (Å²) in [7, 11) is 5.94. The van der Waals surface area contributed by atoms with Crippen molar-refractivity contribution < 1.29 is 130 Å². The van der Waals surface area contributed by atoms with Gasteiger partial charge in [-0.3, -0.25) is 47.9 Å². The Bertz CT molecular complexity index is 2510. The van der Waals surface area contributed by atoms with Gasteiger partial charge in [0.2, 0.25) is 53.2 Å². The predicted molar refractivity (Wildman–Crippen MR) is 292 cm³/mol. The minimum absolute atomic E-state index is 0.0471. The number of carbonyl (C=O) groups is 18. The van der Waals surface area contributed by atoms with Gasteiger partial charge in [0, 0.05) is 57.8 Å². The zero-order valence-corrected chi connectivity index (χ0v) is 49.6. The second-order valence-electron chi connectivity index (χ2n) is 19.3. The van der Waals surface area contributed by atoms with Crippen LogP contribution in [-0.4, -0.2) is 213 Å². The van der Waals surface area contributed by atoms with E-state index in [2.05, 4.69) is 56.7 Å². The van der Waals surface area contributed by atoms with Crippen molar-refractivity contribution in [1.82, 2.24) is 42.5 Å². The van der Waals surface area contributed by atoms with E-state index < -0.39 is 238 Å². The maximum atomic E-state index is 13.1. The summed E-state index contributed by atoms with van der Waals surface area (Å²) in [6.07, 6.45) is -7.92. The van der Waals surface area contributed by atoms with Crippen LogP contribution in [0, 0.1) is 5.92 Å². The highest BCUT2D eigenvalue weighted by atomic mass is 16.5. The van der Waals surface area contributed by atoms with Gasteiger partial charge in [-0.1, -0.05) is 6.92 Å². The Morgan fingerprint density at radius 3 is 0.591 bits per heavy atom. The Morgan fingerprint density at radius 1 is 0.273 bits per heavy atom. The number of esters is 6. The summed E-state index contributed by atoms with van der Waals surface area (Å²) < 4.78 is 28.1. The normalized spacial score (nSPS) is 13.7. The third kappa shape index (κ3) is 32.7. The molecule has 9 unspecified atom stereocenters. The summed E-state index contributed by atoms with van der Waals surface area (Å²) in [6, 6.07) is -12.0. The molecule has 0 aliphatic rings. The van der Waals surface area contributed by atoms with Crippen molar-refractivity contribution in [2.75, 3.05) is 42.7 Å². The monoisotopic (exact) mass is 1260 g/mol. The Kier molecular flexibility index (Phi) is 37.7. The summed E-state index contributed by atoms with van der Waals surface area (Å²) in [4.78, 5) is 224. The average Bonchev–Trinajstić information content (AvgIpc) is 3.64. The molecule has 36 nitrogen and oxygen atoms in total. The molecule has 0 saturated heterocycles. The molecule has 0 aromatic rings. The van der Waals surface area contributed by atoms with Crippen molar-refractivity contribution in [2.24, 2.45) is 11.7 Å². The van der Waals surface area contributed by atoms with Gasteiger partial charge in [0.15, 0.2) is 0 Å². The van der Waals surface area contributed by atoms with E-state index in [-0.39, 0.29) is 38.5 Å². The van der Waals surface area contributed by atoms with E-state index in [1.165, 1.54) is 6.92 Å². The van der Waals surface area contributed by atoms with E-state index in [9.17, 15) is 96.5 Å². The number of hydrogen-bond acceptors (Lipinski definition) is 24. The van der Waals surface area contributed by atoms with Gasteiger partial charge in [0.25, 0.3) is 0 Å². The first-order chi connectivity index (χ1) is 41.4. The number of ether oxygens (including phenoxy) is 6. The van der Waals surface area contributed by atoms with Crippen LogP contribution in [0.3, 0.4) is 0 Å². The molecule has 0 bridgehead atoms. The number of carboxylic acids is 3. The van der Waals surface area contributed by atoms with Crippen LogP contribution in [-0.2, 0) is 115 Å². The molecule has 0 radical (unpaired) electrons. The van der Waals surface area contributed by atoms with Gasteiger partial charge < -0.3 is 92.0 Å². The quantitative estimate of drug-likeness (QED) is 0.0201. The lowest BCUT2D eigenvalue weighted by molar-refractivity contribution is -0.147. The molecular weight excluding hydrogens is 1180 g/mol. The number of carbonyl (C=O) groups excluding carboxylic acids is 15. The minimum atomic E-state index is -1.73. The van der Waals surface area contributed by atoms with Crippen molar-refractivity contribution in [3.8, 4) is 0 Å². The molecule has 0 aromatic carbocycles. The molecule has 494 valence electrons. The first-order valence-corrected chi connectivity index (χ1v) is 27.1. The summed E-state index contributed by atoms with van der Waals surface area (Å²) in [5, 5.41) is 46.9. The van der Waals surface area contributed by atoms with Crippen LogP contribution in [0.1, 0.15) is 122 Å². The highest BCUT2D eigenvalue weighted by Gasteiger charge is 2.32. The van der Waals surface area contributed by atoms with Crippen molar-refractivity contribution in [1.29, 1.82) is 0 Å². The predicted octanol–water partition coefficient (Wildman–Crippen LogP) is -4.70. The summed E-state index contributed by atoms with van der Waals surface area (Å²) in [6.45, 7) is 1.38. The molecular formula is C52H79N9O27. The van der Waals surface area contributed by atoms with E-state index in [0.717, 1.165) is 42.7 Å². The number of rotatable bonds is 44. The number of carboxylic acid groups (broad SMARTS) is 3. The number of nitrogens with one attached hydrogen (secondary N) is 8. The number of aliphatic carboxylic acids is 3. The second kappa shape index (κ2) is 42.3. The molecule has 0 spiro atoms. The van der Waals surface area contributed by atoms with Gasteiger partial charge in [-0.15, -0.1) is 0 Å². The van der Waals surface area contributed by atoms with Gasteiger partial charge in [-0.05, 0) is 57.8 Å². The SMILES string of the molecule is COC(=O)C(CCC(N)=O)NC(=O)CCC(NC(=O)CCC(NC(=O)CCC(NC(=O)CCC(NC(=O)CCC(NC(=O)CCC(NC(=O)CCC(NC(=O)CCC(C)C(=O)O)C(=O)OC)C(=O)OC)C(=O)O)C(=O)OC)C(=O)OC)C(=O)O)C(=O)OC. The highest BCUT2D eigenvalue weighted by molar-refractivity contribution is 5.92. The van der Waals surface area contributed by atoms with E-state index in [1.54, 1.807) is 0 Å². The van der Waals surface area contributed by atoms with Crippen molar-refractivity contribution in [3.05, 3.63) is 0 Å². The zero-order chi connectivity index (χ0) is 67.2. The first kappa shape index (κ1) is 78.5. The molecule has 0 rings (SSSR count). The molecule has 0 aliphatic heterocycles. The van der Waals surface area contributed by atoms with Crippen LogP contribution in [0.4, 0.5) is 0 Å². The lowest BCUT2D eigenvalue weighted by atomic mass is 10.0. The molecule has 13 N–H and O–H groups in total. The summed E-state index contributed by atoms with van der Waals surface area (Å²) in [5.74, 6) is -18.9. The number of primary amides is 1. The standard InChI is InChI=1S/C52H79N9O27/c1-26(44(71)72)8-18-36(63)57-30(48(78)84-3)14-24-42(69)60-31(49(79)85-4)12-21-37(64)55-28(46(75)76)11-20-40(67)59-34(52(82)88-7)16-25-43(70)61-32(50(80)86-5)13-22-38(65)54-27(45(73)74)10-19-39(66)58-33(51(81)87-6)15-23-41(68)56-29(47(77)83-2)9-17-35(53)62/h26-34H,8-25H2,1-7H3,(H2,53,62)(H,54,65)(H,55,64)(H,56,68)(H,57,63)(H,58,66)(H,59,67)(H,60,69)(H,61,70)(H,71,72)(H,73,74)(H,75,76). The maximum Gasteiger partial charge on any atom is 0.328 e. The van der Waals surface area contributed by atoms with Crippen LogP contribution in [0.5, 0.6) is 0 Å². The summed E-state index contributed by atoms with van der Waals surface area (Å²) in [5.41, 5.74) is 5.11. The zero-order valence-electron chi connectivity index (χ0n) is 49.6. The average molecular weight is 1260 g/mol. The molecule has 88 heavy (non-hydrogen) atoms. The molecule has 9 amide bonds. The van der Waals surface area contributed by atoms with Gasteiger partial charge in [0.1, 0.15) is 48.3 Å². The number of hydrogen-bond donors (Lipinski definition) is 12. The molecule has 0 saturated carbocycles. The molecule has 0 fully saturated rings. The molecule has 0 aliphatic carbocycles. The lowest BCUT2D eigenvalue weighted by Crippen LogP contribution is -2.46. The molecule has 9 atom stereocenters. The minimum Gasteiger partial charge on any atom is -0.481 e. The highest BCUT2D eigenvalue weighted by Crippen LogP contribution is 2.12. The number of nitrogens with two attached hydrogens (primary N) is 1. The van der Waals surface area contributed by atoms with E-state index in [0.29, 0.717) is 0 Å². The fourth-order valence-corrected chi connectivity index (χ4v) is 7.68. The molecule has 0 aromatic heterocycles. The largest absolute Gasteiger partial charge is 0.481 e. The van der Waals surface area contributed by atoms with Gasteiger partial charge >= 0.3 is 53.7 Å². The summed E-state index contributed by atoms with van der Waals surface area (Å²) >= 11 is 0. The van der Waals surface area contributed by atoms with Gasteiger partial charge in [-0.2, -0.15) is 0 Å². The Morgan fingerprint density at radius 2 is 0.432 bits per heavy atom. The number of methoxy groups -OCH3 is 6. The molecule has 0 heterocycles. The first-order valence-electron chi connectivity index (χ1n) is 27.1. The van der Waals surface area contributed by atoms with E-state index in [4.69, 9.17) is 25.1 Å². The van der Waals surface area contributed by atoms with Crippen LogP contribution < -0.4 is 48.3 Å². The van der Waals surface area contributed by atoms with Crippen molar-refractivity contribution in [3.63, 3.8) is 0 Å². The number of amides is 9. The smallest absolute Gasteiger partial charge is 0.328 e. The lowest BCUT2D eigenvalue weighted by Gasteiger charge is -2.20. The Labute approximate surface area is 503 Å². The van der Waals surface area contributed by atoms with Gasteiger partial charge in [0.05, 0.1) is 48.6 Å². The third-order valence-electron chi connectivity index (χ3n) is 12.7. The van der Waals surface area contributed by atoms with E-state index in [1.807, 2.05) is 0 Å². The fourth-order valence-electron chi connectivity index (χ4n) is 7.68.